The van der Waals surface area contributed by atoms with Gasteiger partial charge in [-0.15, -0.1) is 0 Å². The number of thiazole rings is 1. The van der Waals surface area contributed by atoms with Crippen molar-refractivity contribution in [1.82, 2.24) is 9.97 Å². The van der Waals surface area contributed by atoms with Gasteiger partial charge in [-0.05, 0) is 30.3 Å². The van der Waals surface area contributed by atoms with Crippen LogP contribution in [-0.4, -0.2) is 28.5 Å². The van der Waals surface area contributed by atoms with Crippen LogP contribution < -0.4 is 5.32 Å². The Hall–Kier alpha value is -4.02. The van der Waals surface area contributed by atoms with Crippen molar-refractivity contribution in [3.8, 4) is 11.3 Å². The number of nitrogens with one attached hydrogen (secondary N) is 1. The van der Waals surface area contributed by atoms with Crippen LogP contribution in [0.3, 0.4) is 0 Å². The summed E-state index contributed by atoms with van der Waals surface area (Å²) in [4.78, 5) is 33.6. The zero-order valence-corrected chi connectivity index (χ0v) is 19.6. The molecule has 5 rings (SSSR count). The summed E-state index contributed by atoms with van der Waals surface area (Å²) in [6, 6.07) is 16.3. The van der Waals surface area contributed by atoms with E-state index in [-0.39, 0.29) is 15.4 Å². The van der Waals surface area contributed by atoms with Gasteiger partial charge in [0.1, 0.15) is 5.52 Å². The molecule has 0 bridgehead atoms. The van der Waals surface area contributed by atoms with Gasteiger partial charge in [0.05, 0.1) is 21.5 Å². The second-order valence-corrected chi connectivity index (χ2v) is 9.02. The molecule has 0 saturated heterocycles. The molecule has 6 nitrogen and oxygen atoms in total. The first-order chi connectivity index (χ1) is 17.3. The van der Waals surface area contributed by atoms with Crippen LogP contribution >= 0.6 is 22.9 Å². The number of ether oxygens (including phenoxy) is 1. The van der Waals surface area contributed by atoms with Gasteiger partial charge in [-0.1, -0.05) is 53.3 Å². The predicted octanol–water partition coefficient (Wildman–Crippen LogP) is 6.38. The van der Waals surface area contributed by atoms with Gasteiger partial charge in [0, 0.05) is 16.0 Å². The molecule has 11 heteroatoms. The number of halogens is 4. The number of hydrogen-bond acceptors (Lipinski definition) is 6. The van der Waals surface area contributed by atoms with Crippen LogP contribution in [0.15, 0.2) is 60.7 Å². The summed E-state index contributed by atoms with van der Waals surface area (Å²) in [5.74, 6) is -5.99. The number of esters is 1. The Morgan fingerprint density at radius 2 is 1.72 bits per heavy atom. The molecule has 36 heavy (non-hydrogen) atoms. The fourth-order valence-corrected chi connectivity index (χ4v) is 4.54. The summed E-state index contributed by atoms with van der Waals surface area (Å²) in [5, 5.41) is 3.32. The quantitative estimate of drug-likeness (QED) is 0.212. The summed E-state index contributed by atoms with van der Waals surface area (Å²) in [5.41, 5.74) is 1.58. The van der Waals surface area contributed by atoms with Gasteiger partial charge < -0.3 is 4.74 Å². The zero-order valence-electron chi connectivity index (χ0n) is 18.0. The van der Waals surface area contributed by atoms with E-state index in [1.165, 1.54) is 0 Å². The van der Waals surface area contributed by atoms with Crippen molar-refractivity contribution in [3.63, 3.8) is 0 Å². The lowest BCUT2D eigenvalue weighted by molar-refractivity contribution is -0.119. The second kappa shape index (κ2) is 9.56. The van der Waals surface area contributed by atoms with E-state index < -0.39 is 41.5 Å². The molecule has 2 heterocycles. The highest BCUT2D eigenvalue weighted by molar-refractivity contribution is 7.22. The molecule has 0 aliphatic carbocycles. The number of nitrogens with zero attached hydrogens (tertiary/aromatic N) is 2. The summed E-state index contributed by atoms with van der Waals surface area (Å²) < 4.78 is 46.0. The number of para-hydroxylation sites is 1. The molecule has 180 valence electrons. The van der Waals surface area contributed by atoms with Crippen LogP contribution in [0.2, 0.25) is 5.02 Å². The van der Waals surface area contributed by atoms with E-state index in [1.807, 2.05) is 0 Å². The smallest absolute Gasteiger partial charge is 0.339 e. The van der Waals surface area contributed by atoms with Crippen molar-refractivity contribution in [2.75, 3.05) is 11.9 Å². The predicted molar refractivity (Wildman–Crippen MR) is 131 cm³/mol. The summed E-state index contributed by atoms with van der Waals surface area (Å²) in [6.45, 7) is -0.674. The molecule has 0 saturated carbocycles. The highest BCUT2D eigenvalue weighted by Gasteiger charge is 2.20. The van der Waals surface area contributed by atoms with Crippen LogP contribution in [0, 0.1) is 17.5 Å². The summed E-state index contributed by atoms with van der Waals surface area (Å²) in [7, 11) is 0. The van der Waals surface area contributed by atoms with Crippen molar-refractivity contribution < 1.29 is 27.5 Å². The lowest BCUT2D eigenvalue weighted by Crippen LogP contribution is -2.21. The molecular formula is C25H13ClF3N3O3S. The second-order valence-electron chi connectivity index (χ2n) is 7.56. The number of carbonyl (C=O) groups excluding carboxylic acids is 2. The molecule has 0 aliphatic heterocycles. The number of amides is 1. The monoisotopic (exact) mass is 527 g/mol. The largest absolute Gasteiger partial charge is 0.452 e. The molecule has 0 atom stereocenters. The highest BCUT2D eigenvalue weighted by atomic mass is 35.5. The van der Waals surface area contributed by atoms with Gasteiger partial charge in [-0.3, -0.25) is 10.1 Å². The Kier molecular flexibility index (Phi) is 6.29. The normalized spacial score (nSPS) is 11.1. The minimum absolute atomic E-state index is 0.0108. The van der Waals surface area contributed by atoms with Gasteiger partial charge in [0.25, 0.3) is 5.91 Å². The van der Waals surface area contributed by atoms with Crippen LogP contribution in [0.5, 0.6) is 0 Å². The van der Waals surface area contributed by atoms with E-state index in [4.69, 9.17) is 16.3 Å². The minimum atomic E-state index is -1.65. The SMILES string of the molecule is O=C(COC(=O)c1cc(-c2ccc(Cl)cc2)nc2ccccc12)Nc1nc2c(F)c(F)c(F)cc2s1. The number of hydrogen-bond donors (Lipinski definition) is 1. The Bertz CT molecular complexity index is 1660. The number of carbonyl (C=O) groups is 2. The molecule has 1 amide bonds. The average molecular weight is 528 g/mol. The molecule has 0 fully saturated rings. The maximum Gasteiger partial charge on any atom is 0.339 e. The van der Waals surface area contributed by atoms with Gasteiger partial charge >= 0.3 is 5.97 Å². The lowest BCUT2D eigenvalue weighted by atomic mass is 10.0. The van der Waals surface area contributed by atoms with E-state index in [1.54, 1.807) is 54.6 Å². The van der Waals surface area contributed by atoms with Gasteiger partial charge in [0.15, 0.2) is 29.2 Å². The Balaban J connectivity index is 1.35. The first kappa shape index (κ1) is 23.7. The number of pyridine rings is 1. The van der Waals surface area contributed by atoms with E-state index in [0.29, 0.717) is 21.6 Å². The first-order valence-corrected chi connectivity index (χ1v) is 11.6. The maximum atomic E-state index is 13.9. The van der Waals surface area contributed by atoms with Crippen LogP contribution in [0.25, 0.3) is 32.4 Å². The molecule has 1 N–H and O–H groups in total. The average Bonchev–Trinajstić information content (AvgIpc) is 3.27. The third-order valence-electron chi connectivity index (χ3n) is 5.18. The van der Waals surface area contributed by atoms with Crippen molar-refractivity contribution in [3.05, 3.63) is 88.7 Å². The molecule has 0 aliphatic rings. The van der Waals surface area contributed by atoms with Crippen LogP contribution in [0.1, 0.15) is 10.4 Å². The standard InChI is InChI=1S/C25H13ClF3N3O3S/c26-13-7-5-12(6-8-13)18-9-15(14-3-1-2-4-17(14)30-18)24(34)35-11-20(33)31-25-32-23-19(36-25)10-16(27)21(28)22(23)29/h1-10H,11H2,(H,31,32,33). The number of benzene rings is 3. The number of anilines is 1. The first-order valence-electron chi connectivity index (χ1n) is 10.4. The van der Waals surface area contributed by atoms with Crippen molar-refractivity contribution in [1.29, 1.82) is 0 Å². The third kappa shape index (κ3) is 4.60. The Morgan fingerprint density at radius 3 is 2.50 bits per heavy atom. The van der Waals surface area contributed by atoms with Crippen molar-refractivity contribution >= 4 is 61.1 Å². The number of aromatic nitrogens is 2. The maximum absolute atomic E-state index is 13.9. The van der Waals surface area contributed by atoms with E-state index >= 15 is 0 Å². The van der Waals surface area contributed by atoms with Crippen LogP contribution in [-0.2, 0) is 9.53 Å². The van der Waals surface area contributed by atoms with Crippen molar-refractivity contribution in [2.24, 2.45) is 0 Å². The Morgan fingerprint density at radius 1 is 0.972 bits per heavy atom. The minimum Gasteiger partial charge on any atom is -0.452 e. The van der Waals surface area contributed by atoms with Gasteiger partial charge in [0.2, 0.25) is 0 Å². The fraction of sp³-hybridized carbons (Fsp3) is 0.0400. The van der Waals surface area contributed by atoms with E-state index in [2.05, 4.69) is 15.3 Å². The molecule has 0 radical (unpaired) electrons. The summed E-state index contributed by atoms with van der Waals surface area (Å²) >= 11 is 6.71. The van der Waals surface area contributed by atoms with Gasteiger partial charge in [-0.2, -0.15) is 0 Å². The summed E-state index contributed by atoms with van der Waals surface area (Å²) in [6.07, 6.45) is 0. The van der Waals surface area contributed by atoms with E-state index in [9.17, 15) is 22.8 Å². The zero-order chi connectivity index (χ0) is 25.4. The molecule has 0 unspecified atom stereocenters. The third-order valence-corrected chi connectivity index (χ3v) is 6.35. The molecular weight excluding hydrogens is 515 g/mol. The number of fused-ring (bicyclic) bond motifs is 2. The van der Waals surface area contributed by atoms with Crippen molar-refractivity contribution in [2.45, 2.75) is 0 Å². The lowest BCUT2D eigenvalue weighted by Gasteiger charge is -2.10. The molecule has 2 aromatic heterocycles. The molecule has 5 aromatic rings. The fourth-order valence-electron chi connectivity index (χ4n) is 3.50. The Labute approximate surface area is 210 Å². The van der Waals surface area contributed by atoms with E-state index in [0.717, 1.165) is 23.0 Å². The highest BCUT2D eigenvalue weighted by Crippen LogP contribution is 2.30. The topological polar surface area (TPSA) is 81.2 Å². The molecule has 0 spiro atoms. The number of rotatable bonds is 5. The molecule has 3 aromatic carbocycles. The van der Waals surface area contributed by atoms with Crippen LogP contribution in [0.4, 0.5) is 18.3 Å². The van der Waals surface area contributed by atoms with Gasteiger partial charge in [-0.25, -0.2) is 27.9 Å².